The smallest absolute Gasteiger partial charge is 0.240 e. The van der Waals surface area contributed by atoms with Crippen molar-refractivity contribution in [3.8, 4) is 0 Å². The van der Waals surface area contributed by atoms with Gasteiger partial charge in [-0.3, -0.25) is 0 Å². The van der Waals surface area contributed by atoms with Gasteiger partial charge in [-0.2, -0.15) is 0 Å². The molecule has 3 aliphatic rings. The third-order valence-electron chi connectivity index (χ3n) is 5.55. The van der Waals surface area contributed by atoms with Gasteiger partial charge in [0.05, 0.1) is 11.0 Å². The lowest BCUT2D eigenvalue weighted by molar-refractivity contribution is -0.152. The summed E-state index contributed by atoms with van der Waals surface area (Å²) in [7, 11) is -3.56. The molecule has 0 aliphatic heterocycles. The summed E-state index contributed by atoms with van der Waals surface area (Å²) in [5.74, 6) is 0.693. The van der Waals surface area contributed by atoms with Gasteiger partial charge in [-0.25, -0.2) is 13.1 Å². The van der Waals surface area contributed by atoms with Crippen molar-refractivity contribution >= 4 is 10.0 Å². The normalized spacial score (nSPS) is 34.3. The molecule has 1 aromatic rings. The van der Waals surface area contributed by atoms with E-state index < -0.39 is 16.1 Å². The van der Waals surface area contributed by atoms with Gasteiger partial charge in [-0.15, -0.1) is 0 Å². The second kappa shape index (κ2) is 4.80. The monoisotopic (exact) mass is 309 g/mol. The molecule has 0 saturated heterocycles. The summed E-state index contributed by atoms with van der Waals surface area (Å²) >= 11 is 0. The summed E-state index contributed by atoms with van der Waals surface area (Å²) in [5, 5.41) is 10.4. The maximum absolute atomic E-state index is 12.4. The molecule has 0 unspecified atom stereocenters. The first kappa shape index (κ1) is 15.0. The highest BCUT2D eigenvalue weighted by Crippen LogP contribution is 2.59. The fourth-order valence-corrected chi connectivity index (χ4v) is 5.13. The second-order valence-electron chi connectivity index (χ2n) is 7.13. The largest absolute Gasteiger partial charge is 0.391 e. The minimum Gasteiger partial charge on any atom is -0.391 e. The SMILES string of the molecule is Cc1ccc(S(=O)(=O)N[C@H]2C[C@H]3C[C@@H]([C@@H]2O)C3(C)C)cc1. The van der Waals surface area contributed by atoms with E-state index in [1.54, 1.807) is 24.3 Å². The Morgan fingerprint density at radius 1 is 1.19 bits per heavy atom. The summed E-state index contributed by atoms with van der Waals surface area (Å²) in [4.78, 5) is 0.263. The second-order valence-corrected chi connectivity index (χ2v) is 8.84. The van der Waals surface area contributed by atoms with Gasteiger partial charge in [0.2, 0.25) is 10.0 Å². The highest BCUT2D eigenvalue weighted by molar-refractivity contribution is 7.89. The molecule has 4 nitrogen and oxygen atoms in total. The first-order valence-corrected chi connectivity index (χ1v) is 8.97. The topological polar surface area (TPSA) is 66.4 Å². The van der Waals surface area contributed by atoms with E-state index in [9.17, 15) is 13.5 Å². The molecular formula is C16H23NO3S. The Morgan fingerprint density at radius 2 is 1.81 bits per heavy atom. The lowest BCUT2D eigenvalue weighted by Crippen LogP contribution is -2.64. The molecular weight excluding hydrogens is 286 g/mol. The quantitative estimate of drug-likeness (QED) is 0.898. The van der Waals surface area contributed by atoms with Crippen molar-refractivity contribution in [2.75, 3.05) is 0 Å². The summed E-state index contributed by atoms with van der Waals surface area (Å²) in [5.41, 5.74) is 1.15. The van der Waals surface area contributed by atoms with Crippen LogP contribution in [-0.4, -0.2) is 25.7 Å². The number of benzene rings is 1. The van der Waals surface area contributed by atoms with Crippen LogP contribution in [0.25, 0.3) is 0 Å². The number of aliphatic hydroxyl groups excluding tert-OH is 1. The van der Waals surface area contributed by atoms with E-state index in [2.05, 4.69) is 18.6 Å². The van der Waals surface area contributed by atoms with Crippen LogP contribution in [0.4, 0.5) is 0 Å². The number of aliphatic hydroxyl groups is 1. The maximum atomic E-state index is 12.4. The van der Waals surface area contributed by atoms with E-state index in [1.165, 1.54) is 0 Å². The van der Waals surface area contributed by atoms with Crippen LogP contribution in [0.15, 0.2) is 29.2 Å². The Hall–Kier alpha value is -0.910. The highest BCUT2D eigenvalue weighted by Gasteiger charge is 2.57. The maximum Gasteiger partial charge on any atom is 0.240 e. The summed E-state index contributed by atoms with van der Waals surface area (Å²) in [6, 6.07) is 6.42. The minimum atomic E-state index is -3.56. The Balaban J connectivity index is 1.77. The predicted molar refractivity (Wildman–Crippen MR) is 81.3 cm³/mol. The molecule has 0 radical (unpaired) electrons. The van der Waals surface area contributed by atoms with E-state index in [0.29, 0.717) is 5.92 Å². The average molecular weight is 309 g/mol. The van der Waals surface area contributed by atoms with Crippen molar-refractivity contribution in [1.29, 1.82) is 0 Å². The first-order valence-electron chi connectivity index (χ1n) is 7.49. The molecule has 5 heteroatoms. The minimum absolute atomic E-state index is 0.130. The molecule has 0 aromatic heterocycles. The number of hydrogen-bond acceptors (Lipinski definition) is 3. The summed E-state index contributed by atoms with van der Waals surface area (Å²) < 4.78 is 27.5. The summed E-state index contributed by atoms with van der Waals surface area (Å²) in [6.07, 6.45) is 1.14. The van der Waals surface area contributed by atoms with Crippen LogP contribution < -0.4 is 4.72 Å². The molecule has 3 fully saturated rings. The van der Waals surface area contributed by atoms with E-state index in [0.717, 1.165) is 18.4 Å². The number of nitrogens with one attached hydrogen (secondary N) is 1. The molecule has 116 valence electrons. The zero-order valence-electron chi connectivity index (χ0n) is 12.7. The number of hydrogen-bond donors (Lipinski definition) is 2. The van der Waals surface area contributed by atoms with Gasteiger partial charge in [0.1, 0.15) is 0 Å². The van der Waals surface area contributed by atoms with Crippen molar-refractivity contribution in [3.05, 3.63) is 29.8 Å². The molecule has 2 N–H and O–H groups in total. The van der Waals surface area contributed by atoms with Gasteiger partial charge in [0.25, 0.3) is 0 Å². The number of aryl methyl sites for hydroxylation is 1. The average Bonchev–Trinajstić information content (AvgIpc) is 2.40. The molecule has 4 rings (SSSR count). The van der Waals surface area contributed by atoms with Crippen LogP contribution in [-0.2, 0) is 10.0 Å². The zero-order valence-corrected chi connectivity index (χ0v) is 13.5. The third-order valence-corrected chi connectivity index (χ3v) is 7.05. The molecule has 1 aromatic carbocycles. The van der Waals surface area contributed by atoms with Crippen LogP contribution >= 0.6 is 0 Å². The molecule has 3 aliphatic carbocycles. The van der Waals surface area contributed by atoms with Gasteiger partial charge < -0.3 is 5.11 Å². The van der Waals surface area contributed by atoms with Crippen molar-refractivity contribution in [1.82, 2.24) is 4.72 Å². The molecule has 21 heavy (non-hydrogen) atoms. The van der Waals surface area contributed by atoms with Crippen molar-refractivity contribution in [2.24, 2.45) is 17.3 Å². The van der Waals surface area contributed by atoms with Crippen molar-refractivity contribution < 1.29 is 13.5 Å². The van der Waals surface area contributed by atoms with Crippen molar-refractivity contribution in [3.63, 3.8) is 0 Å². The standard InChI is InChI=1S/C16H23NO3S/c1-10-4-6-12(7-5-10)21(19,20)17-14-9-11-8-13(15(14)18)16(11,2)3/h4-7,11,13-15,17-18H,8-9H2,1-3H3/t11-,13+,14+,15+/m1/s1. The summed E-state index contributed by atoms with van der Waals surface area (Å²) in [6.45, 7) is 6.25. The van der Waals surface area contributed by atoms with Crippen LogP contribution in [0.5, 0.6) is 0 Å². The van der Waals surface area contributed by atoms with Gasteiger partial charge in [0.15, 0.2) is 0 Å². The van der Waals surface area contributed by atoms with E-state index in [-0.39, 0.29) is 22.3 Å². The number of rotatable bonds is 3. The van der Waals surface area contributed by atoms with E-state index >= 15 is 0 Å². The fraction of sp³-hybridized carbons (Fsp3) is 0.625. The highest BCUT2D eigenvalue weighted by atomic mass is 32.2. The van der Waals surface area contributed by atoms with Crippen LogP contribution in [0, 0.1) is 24.2 Å². The predicted octanol–water partition coefficient (Wildman–Crippen LogP) is 2.07. The van der Waals surface area contributed by atoms with Crippen LogP contribution in [0.3, 0.4) is 0 Å². The van der Waals surface area contributed by atoms with Crippen molar-refractivity contribution in [2.45, 2.75) is 50.7 Å². The first-order chi connectivity index (χ1) is 9.72. The molecule has 3 saturated carbocycles. The lowest BCUT2D eigenvalue weighted by atomic mass is 9.47. The third kappa shape index (κ3) is 2.41. The zero-order chi connectivity index (χ0) is 15.4. The van der Waals surface area contributed by atoms with Gasteiger partial charge in [-0.05, 0) is 49.1 Å². The Labute approximate surface area is 126 Å². The molecule has 0 spiro atoms. The molecule has 0 amide bonds. The Bertz CT molecular complexity index is 636. The van der Waals surface area contributed by atoms with E-state index in [1.807, 2.05) is 6.92 Å². The fourth-order valence-electron chi connectivity index (χ4n) is 3.86. The van der Waals surface area contributed by atoms with Gasteiger partial charge >= 0.3 is 0 Å². The van der Waals surface area contributed by atoms with Gasteiger partial charge in [0, 0.05) is 6.04 Å². The molecule has 0 heterocycles. The van der Waals surface area contributed by atoms with Crippen LogP contribution in [0.1, 0.15) is 32.3 Å². The molecule has 2 bridgehead atoms. The Morgan fingerprint density at radius 3 is 2.33 bits per heavy atom. The number of fused-ring (bicyclic) bond motifs is 2. The lowest BCUT2D eigenvalue weighted by Gasteiger charge is -2.61. The Kier molecular flexibility index (Phi) is 3.43. The molecule has 4 atom stereocenters. The van der Waals surface area contributed by atoms with Gasteiger partial charge in [-0.1, -0.05) is 31.5 Å². The number of sulfonamides is 1. The van der Waals surface area contributed by atoms with Crippen LogP contribution in [0.2, 0.25) is 0 Å². The van der Waals surface area contributed by atoms with E-state index in [4.69, 9.17) is 0 Å².